The lowest BCUT2D eigenvalue weighted by molar-refractivity contribution is 0.543. The van der Waals surface area contributed by atoms with Crippen LogP contribution in [0.4, 0.5) is 0 Å². The second-order valence-electron chi connectivity index (χ2n) is 16.0. The van der Waals surface area contributed by atoms with Crippen LogP contribution in [0.1, 0.15) is 26.6 Å². The molecule has 0 unspecified atom stereocenters. The van der Waals surface area contributed by atoms with Gasteiger partial charge in [-0.3, -0.25) is 0 Å². The van der Waals surface area contributed by atoms with Crippen LogP contribution in [0.15, 0.2) is 182 Å². The van der Waals surface area contributed by atoms with Gasteiger partial charge in [-0.25, -0.2) is 44.9 Å². The first kappa shape index (κ1) is 38.1. The number of aromatic nitrogens is 9. The molecule has 9 nitrogen and oxygen atoms in total. The van der Waals surface area contributed by atoms with E-state index in [1.807, 2.05) is 158 Å². The van der Waals surface area contributed by atoms with Gasteiger partial charge in [-0.05, 0) is 22.9 Å². The number of nitrogens with zero attached hydrogens (tertiary/aromatic N) is 9. The molecule has 0 N–H and O–H groups in total. The highest BCUT2D eigenvalue weighted by molar-refractivity contribution is 5.98. The fourth-order valence-electron chi connectivity index (χ4n) is 7.23. The Morgan fingerprint density at radius 1 is 0.274 bits per heavy atom. The average molecular weight is 802 g/mol. The van der Waals surface area contributed by atoms with Gasteiger partial charge in [-0.2, -0.15) is 0 Å². The van der Waals surface area contributed by atoms with Gasteiger partial charge in [0.1, 0.15) is 5.82 Å². The van der Waals surface area contributed by atoms with Gasteiger partial charge in [-0.1, -0.05) is 191 Å². The van der Waals surface area contributed by atoms with Crippen molar-refractivity contribution in [2.75, 3.05) is 0 Å². The molecule has 0 aliphatic rings. The highest BCUT2D eigenvalue weighted by Gasteiger charge is 2.22. The lowest BCUT2D eigenvalue weighted by atomic mass is 9.95. The number of fused-ring (bicyclic) bond motifs is 1. The summed E-state index contributed by atoms with van der Waals surface area (Å²) in [5, 5.41) is 1.99. The van der Waals surface area contributed by atoms with Gasteiger partial charge in [0, 0.05) is 49.9 Å². The van der Waals surface area contributed by atoms with E-state index in [0.717, 1.165) is 61.1 Å². The normalized spacial score (nSPS) is 11.5. The monoisotopic (exact) mass is 801 g/mol. The minimum Gasteiger partial charge on any atom is -0.212 e. The fourth-order valence-corrected chi connectivity index (χ4v) is 7.23. The van der Waals surface area contributed by atoms with Gasteiger partial charge in [0.05, 0.1) is 0 Å². The summed E-state index contributed by atoms with van der Waals surface area (Å²) in [6.45, 7) is 6.33. The third kappa shape index (κ3) is 7.82. The topological polar surface area (TPSA) is 116 Å². The molecule has 62 heavy (non-hydrogen) atoms. The number of hydrogen-bond donors (Lipinski definition) is 0. The third-order valence-electron chi connectivity index (χ3n) is 10.5. The van der Waals surface area contributed by atoms with E-state index >= 15 is 0 Å². The maximum Gasteiger partial charge on any atom is 0.164 e. The van der Waals surface area contributed by atoms with Gasteiger partial charge in [0.25, 0.3) is 0 Å². The van der Waals surface area contributed by atoms with E-state index < -0.39 is 0 Å². The van der Waals surface area contributed by atoms with Crippen molar-refractivity contribution in [3.63, 3.8) is 0 Å². The van der Waals surface area contributed by atoms with Crippen molar-refractivity contribution in [1.29, 1.82) is 0 Å². The zero-order chi connectivity index (χ0) is 42.0. The van der Waals surface area contributed by atoms with Crippen LogP contribution < -0.4 is 0 Å². The minimum atomic E-state index is -0.282. The van der Waals surface area contributed by atoms with Crippen molar-refractivity contribution in [3.05, 3.63) is 188 Å². The number of rotatable bonds is 8. The summed E-state index contributed by atoms with van der Waals surface area (Å²) >= 11 is 0. The first-order valence-electron chi connectivity index (χ1n) is 20.5. The van der Waals surface area contributed by atoms with Crippen molar-refractivity contribution in [2.24, 2.45) is 0 Å². The van der Waals surface area contributed by atoms with Crippen LogP contribution in [0, 0.1) is 0 Å². The second kappa shape index (κ2) is 16.1. The molecule has 0 bridgehead atoms. The van der Waals surface area contributed by atoms with Crippen molar-refractivity contribution in [2.45, 2.75) is 26.2 Å². The Balaban J connectivity index is 1.12. The van der Waals surface area contributed by atoms with E-state index in [4.69, 9.17) is 44.9 Å². The quantitative estimate of drug-likeness (QED) is 0.148. The molecule has 0 atom stereocenters. The van der Waals surface area contributed by atoms with Crippen LogP contribution in [-0.4, -0.2) is 44.9 Å². The standard InChI is InChI=1S/C53H39N9/c1-53(2,3)52-61-48(37-24-14-7-15-25-37)58-49(62-52)39-30-28-38(29-31-39)47-55-46(36-22-12-6-13-23-36)59-51(60-47)43-33-41(32-40-26-16-17-27-42(40)43)50-56-44(34-18-8-4-9-19-34)54-45(57-50)35-20-10-5-11-21-35/h4-33H,1-3H3. The van der Waals surface area contributed by atoms with Gasteiger partial charge in [-0.15, -0.1) is 0 Å². The summed E-state index contributed by atoms with van der Waals surface area (Å²) in [6, 6.07) is 60.5. The summed E-state index contributed by atoms with van der Waals surface area (Å²) in [5.74, 6) is 5.29. The van der Waals surface area contributed by atoms with E-state index in [9.17, 15) is 0 Å². The molecule has 0 saturated heterocycles. The van der Waals surface area contributed by atoms with E-state index in [2.05, 4.69) is 45.0 Å². The molecule has 0 aliphatic heterocycles. The Kier molecular flexibility index (Phi) is 9.90. The molecule has 3 heterocycles. The maximum absolute atomic E-state index is 5.20. The fraction of sp³-hybridized carbons (Fsp3) is 0.0755. The molecule has 0 aliphatic carbocycles. The Hall–Kier alpha value is -8.17. The van der Waals surface area contributed by atoms with Crippen LogP contribution in [0.25, 0.3) is 102 Å². The van der Waals surface area contributed by atoms with Gasteiger partial charge >= 0.3 is 0 Å². The summed E-state index contributed by atoms with van der Waals surface area (Å²) in [7, 11) is 0. The zero-order valence-corrected chi connectivity index (χ0v) is 34.3. The second-order valence-corrected chi connectivity index (χ2v) is 16.0. The van der Waals surface area contributed by atoms with E-state index in [1.165, 1.54) is 0 Å². The molecule has 9 heteroatoms. The maximum atomic E-state index is 5.20. The van der Waals surface area contributed by atoms with Crippen LogP contribution in [0.3, 0.4) is 0 Å². The summed E-state index contributed by atoms with van der Waals surface area (Å²) in [6.07, 6.45) is 0. The zero-order valence-electron chi connectivity index (χ0n) is 34.3. The van der Waals surface area contributed by atoms with E-state index in [0.29, 0.717) is 46.6 Å². The summed E-state index contributed by atoms with van der Waals surface area (Å²) < 4.78 is 0. The van der Waals surface area contributed by atoms with Crippen LogP contribution >= 0.6 is 0 Å². The third-order valence-corrected chi connectivity index (χ3v) is 10.5. The molecule has 0 fully saturated rings. The molecule has 10 aromatic rings. The summed E-state index contributed by atoms with van der Waals surface area (Å²) in [5.41, 5.74) is 6.64. The molecular weight excluding hydrogens is 763 g/mol. The van der Waals surface area contributed by atoms with Gasteiger partial charge < -0.3 is 0 Å². The highest BCUT2D eigenvalue weighted by Crippen LogP contribution is 2.35. The largest absolute Gasteiger partial charge is 0.212 e. The van der Waals surface area contributed by atoms with Crippen molar-refractivity contribution in [1.82, 2.24) is 44.9 Å². The van der Waals surface area contributed by atoms with Crippen molar-refractivity contribution >= 4 is 10.8 Å². The lowest BCUT2D eigenvalue weighted by Crippen LogP contribution is -2.18. The Morgan fingerprint density at radius 3 is 0.968 bits per heavy atom. The average Bonchev–Trinajstić information content (AvgIpc) is 3.34. The number of hydrogen-bond acceptors (Lipinski definition) is 9. The molecule has 0 saturated carbocycles. The van der Waals surface area contributed by atoms with Crippen molar-refractivity contribution in [3.8, 4) is 91.1 Å². The minimum absolute atomic E-state index is 0.282. The molecule has 3 aromatic heterocycles. The number of benzene rings is 7. The van der Waals surface area contributed by atoms with Crippen LogP contribution in [-0.2, 0) is 5.41 Å². The van der Waals surface area contributed by atoms with Crippen LogP contribution in [0.2, 0.25) is 0 Å². The lowest BCUT2D eigenvalue weighted by Gasteiger charge is -2.18. The smallest absolute Gasteiger partial charge is 0.164 e. The molecule has 0 amide bonds. The highest BCUT2D eigenvalue weighted by atomic mass is 15.1. The molecular formula is C53H39N9. The van der Waals surface area contributed by atoms with Crippen molar-refractivity contribution < 1.29 is 0 Å². The van der Waals surface area contributed by atoms with Gasteiger partial charge in [0.15, 0.2) is 46.6 Å². The van der Waals surface area contributed by atoms with E-state index in [1.54, 1.807) is 0 Å². The SMILES string of the molecule is CC(C)(C)c1nc(-c2ccccc2)nc(-c2ccc(-c3nc(-c4ccccc4)nc(-c4cc(-c5nc(-c6ccccc6)nc(-c6ccccc6)n5)cc5ccccc45)n3)cc2)n1. The Labute approximate surface area is 359 Å². The predicted octanol–water partition coefficient (Wildman–Crippen LogP) is 12.0. The molecule has 296 valence electrons. The van der Waals surface area contributed by atoms with Crippen LogP contribution in [0.5, 0.6) is 0 Å². The Morgan fingerprint density at radius 2 is 0.581 bits per heavy atom. The van der Waals surface area contributed by atoms with E-state index in [-0.39, 0.29) is 5.41 Å². The predicted molar refractivity (Wildman–Crippen MR) is 246 cm³/mol. The molecule has 0 spiro atoms. The summed E-state index contributed by atoms with van der Waals surface area (Å²) in [4.78, 5) is 45.2. The first-order chi connectivity index (χ1) is 30.3. The first-order valence-corrected chi connectivity index (χ1v) is 20.5. The Bertz CT molecular complexity index is 3130. The molecule has 0 radical (unpaired) electrons. The molecule has 7 aromatic carbocycles. The van der Waals surface area contributed by atoms with Gasteiger partial charge in [0.2, 0.25) is 0 Å². The molecule has 10 rings (SSSR count).